The van der Waals surface area contributed by atoms with Crippen LogP contribution >= 0.6 is 23.2 Å². The molecule has 0 bridgehead atoms. The van der Waals surface area contributed by atoms with Crippen molar-refractivity contribution in [2.75, 3.05) is 0 Å². The standard InChI is InChI=1S/C14H14Cl2N2O/c1-14(2,3)18-7-9(8-19)13(17-18)10-5-4-6-11(15)12(10)16/h4-8H,1-3H3. The molecule has 0 radical (unpaired) electrons. The molecule has 0 aliphatic heterocycles. The average Bonchev–Trinajstić information content (AvgIpc) is 2.76. The van der Waals surface area contributed by atoms with Gasteiger partial charge in [-0.2, -0.15) is 5.10 Å². The maximum Gasteiger partial charge on any atom is 0.153 e. The van der Waals surface area contributed by atoms with Gasteiger partial charge in [-0.15, -0.1) is 0 Å². The molecular formula is C14H14Cl2N2O. The first-order valence-electron chi connectivity index (χ1n) is 5.84. The van der Waals surface area contributed by atoms with Gasteiger partial charge in [0.2, 0.25) is 0 Å². The Balaban J connectivity index is 2.65. The molecule has 2 aromatic rings. The number of hydrogen-bond acceptors (Lipinski definition) is 2. The molecule has 1 aromatic heterocycles. The van der Waals surface area contributed by atoms with Gasteiger partial charge in [-0.05, 0) is 26.8 Å². The van der Waals surface area contributed by atoms with Crippen LogP contribution in [0, 0.1) is 0 Å². The van der Waals surface area contributed by atoms with Crippen molar-refractivity contribution in [2.45, 2.75) is 26.3 Å². The van der Waals surface area contributed by atoms with Crippen LogP contribution in [0.25, 0.3) is 11.3 Å². The summed E-state index contributed by atoms with van der Waals surface area (Å²) in [6, 6.07) is 5.29. The second-order valence-electron chi connectivity index (χ2n) is 5.27. The molecule has 0 saturated carbocycles. The highest BCUT2D eigenvalue weighted by atomic mass is 35.5. The number of benzene rings is 1. The van der Waals surface area contributed by atoms with E-state index in [1.165, 1.54) is 0 Å². The highest BCUT2D eigenvalue weighted by molar-refractivity contribution is 6.43. The Kier molecular flexibility index (Phi) is 3.70. The Morgan fingerprint density at radius 3 is 2.53 bits per heavy atom. The van der Waals surface area contributed by atoms with Crippen LogP contribution in [-0.2, 0) is 5.54 Å². The third-order valence-electron chi connectivity index (χ3n) is 2.76. The Morgan fingerprint density at radius 1 is 1.26 bits per heavy atom. The largest absolute Gasteiger partial charge is 0.298 e. The van der Waals surface area contributed by atoms with Gasteiger partial charge in [0.05, 0.1) is 21.1 Å². The van der Waals surface area contributed by atoms with Gasteiger partial charge in [0.15, 0.2) is 6.29 Å². The van der Waals surface area contributed by atoms with Crippen molar-refractivity contribution in [1.29, 1.82) is 0 Å². The fourth-order valence-electron chi connectivity index (χ4n) is 1.71. The van der Waals surface area contributed by atoms with Crippen LogP contribution in [0.1, 0.15) is 31.1 Å². The lowest BCUT2D eigenvalue weighted by molar-refractivity contribution is 0.112. The lowest BCUT2D eigenvalue weighted by Gasteiger charge is -2.18. The fraction of sp³-hybridized carbons (Fsp3) is 0.286. The van der Waals surface area contributed by atoms with Crippen LogP contribution in [0.3, 0.4) is 0 Å². The number of aldehydes is 1. The third kappa shape index (κ3) is 2.67. The second kappa shape index (κ2) is 4.99. The number of aromatic nitrogens is 2. The zero-order valence-electron chi connectivity index (χ0n) is 10.9. The number of nitrogens with zero attached hydrogens (tertiary/aromatic N) is 2. The van der Waals surface area contributed by atoms with Crippen molar-refractivity contribution in [2.24, 2.45) is 0 Å². The molecule has 3 nitrogen and oxygen atoms in total. The van der Waals surface area contributed by atoms with Gasteiger partial charge in [0, 0.05) is 11.8 Å². The fourth-order valence-corrected chi connectivity index (χ4v) is 2.10. The molecule has 0 atom stereocenters. The molecule has 5 heteroatoms. The van der Waals surface area contributed by atoms with Crippen molar-refractivity contribution in [3.8, 4) is 11.3 Å². The van der Waals surface area contributed by atoms with Crippen molar-refractivity contribution >= 4 is 29.5 Å². The molecule has 19 heavy (non-hydrogen) atoms. The monoisotopic (exact) mass is 296 g/mol. The van der Waals surface area contributed by atoms with E-state index in [1.54, 1.807) is 29.1 Å². The topological polar surface area (TPSA) is 34.9 Å². The van der Waals surface area contributed by atoms with E-state index in [2.05, 4.69) is 5.10 Å². The number of carbonyl (C=O) groups is 1. The Morgan fingerprint density at radius 2 is 1.95 bits per heavy atom. The van der Waals surface area contributed by atoms with Crippen molar-refractivity contribution in [3.63, 3.8) is 0 Å². The highest BCUT2D eigenvalue weighted by Gasteiger charge is 2.20. The smallest absolute Gasteiger partial charge is 0.153 e. The summed E-state index contributed by atoms with van der Waals surface area (Å²) in [4.78, 5) is 11.2. The number of carbonyl (C=O) groups excluding carboxylic acids is 1. The molecule has 0 N–H and O–H groups in total. The first kappa shape index (κ1) is 14.1. The molecule has 0 spiro atoms. The maximum absolute atomic E-state index is 11.2. The minimum atomic E-state index is -0.207. The van der Waals surface area contributed by atoms with Gasteiger partial charge in [-0.3, -0.25) is 9.48 Å². The zero-order chi connectivity index (χ0) is 14.2. The van der Waals surface area contributed by atoms with Gasteiger partial charge < -0.3 is 0 Å². The summed E-state index contributed by atoms with van der Waals surface area (Å²) in [7, 11) is 0. The molecule has 0 saturated heterocycles. The maximum atomic E-state index is 11.2. The molecule has 0 aliphatic rings. The van der Waals surface area contributed by atoms with E-state index in [4.69, 9.17) is 23.2 Å². The van der Waals surface area contributed by atoms with Crippen LogP contribution in [0.2, 0.25) is 10.0 Å². The van der Waals surface area contributed by atoms with Crippen LogP contribution in [0.5, 0.6) is 0 Å². The predicted octanol–water partition coefficient (Wildman–Crippen LogP) is 4.42. The summed E-state index contributed by atoms with van der Waals surface area (Å²) < 4.78 is 1.75. The number of rotatable bonds is 2. The van der Waals surface area contributed by atoms with Gasteiger partial charge in [0.25, 0.3) is 0 Å². The summed E-state index contributed by atoms with van der Waals surface area (Å²) in [5, 5.41) is 5.32. The summed E-state index contributed by atoms with van der Waals surface area (Å²) in [6.07, 6.45) is 2.50. The van der Waals surface area contributed by atoms with E-state index in [0.29, 0.717) is 26.9 Å². The molecule has 2 rings (SSSR count). The normalized spacial score (nSPS) is 11.6. The summed E-state index contributed by atoms with van der Waals surface area (Å²) in [6.45, 7) is 6.04. The number of halogens is 2. The van der Waals surface area contributed by atoms with Crippen molar-refractivity contribution < 1.29 is 4.79 Å². The van der Waals surface area contributed by atoms with Gasteiger partial charge in [-0.1, -0.05) is 35.3 Å². The molecule has 0 fully saturated rings. The van der Waals surface area contributed by atoms with E-state index in [9.17, 15) is 4.79 Å². The average molecular weight is 297 g/mol. The van der Waals surface area contributed by atoms with Crippen LogP contribution in [0.4, 0.5) is 0 Å². The Bertz CT molecular complexity index is 627. The molecule has 1 heterocycles. The zero-order valence-corrected chi connectivity index (χ0v) is 12.5. The van der Waals surface area contributed by atoms with Gasteiger partial charge in [0.1, 0.15) is 5.69 Å². The van der Waals surface area contributed by atoms with E-state index >= 15 is 0 Å². The molecule has 0 amide bonds. The summed E-state index contributed by atoms with van der Waals surface area (Å²) >= 11 is 12.2. The highest BCUT2D eigenvalue weighted by Crippen LogP contribution is 2.34. The minimum absolute atomic E-state index is 0.207. The molecular weight excluding hydrogens is 283 g/mol. The van der Waals surface area contributed by atoms with E-state index in [-0.39, 0.29) is 5.54 Å². The second-order valence-corrected chi connectivity index (χ2v) is 6.05. The SMILES string of the molecule is CC(C)(C)n1cc(C=O)c(-c2cccc(Cl)c2Cl)n1. The molecule has 1 aromatic carbocycles. The van der Waals surface area contributed by atoms with E-state index in [1.807, 2.05) is 20.8 Å². The summed E-state index contributed by atoms with van der Waals surface area (Å²) in [5.74, 6) is 0. The Hall–Kier alpha value is -1.32. The quantitative estimate of drug-likeness (QED) is 0.769. The van der Waals surface area contributed by atoms with E-state index in [0.717, 1.165) is 6.29 Å². The van der Waals surface area contributed by atoms with Crippen LogP contribution in [0.15, 0.2) is 24.4 Å². The predicted molar refractivity (Wildman–Crippen MR) is 78.1 cm³/mol. The van der Waals surface area contributed by atoms with Crippen LogP contribution in [-0.4, -0.2) is 16.1 Å². The van der Waals surface area contributed by atoms with Crippen molar-refractivity contribution in [1.82, 2.24) is 9.78 Å². The number of hydrogen-bond donors (Lipinski definition) is 0. The van der Waals surface area contributed by atoms with Gasteiger partial charge >= 0.3 is 0 Å². The third-order valence-corrected chi connectivity index (χ3v) is 3.58. The minimum Gasteiger partial charge on any atom is -0.298 e. The summed E-state index contributed by atoms with van der Waals surface area (Å²) in [5.41, 5.74) is 1.51. The lowest BCUT2D eigenvalue weighted by Crippen LogP contribution is -2.22. The van der Waals surface area contributed by atoms with Crippen molar-refractivity contribution in [3.05, 3.63) is 40.0 Å². The first-order valence-corrected chi connectivity index (χ1v) is 6.60. The molecule has 0 aliphatic carbocycles. The molecule has 100 valence electrons. The van der Waals surface area contributed by atoms with Crippen LogP contribution < -0.4 is 0 Å². The molecule has 0 unspecified atom stereocenters. The lowest BCUT2D eigenvalue weighted by atomic mass is 10.1. The van der Waals surface area contributed by atoms with Gasteiger partial charge in [-0.25, -0.2) is 0 Å². The Labute approximate surface area is 122 Å². The first-order chi connectivity index (χ1) is 8.84. The van der Waals surface area contributed by atoms with E-state index < -0.39 is 0 Å².